The van der Waals surface area contributed by atoms with Gasteiger partial charge >= 0.3 is 0 Å². The van der Waals surface area contributed by atoms with E-state index in [1.807, 2.05) is 36.6 Å². The van der Waals surface area contributed by atoms with Crippen LogP contribution in [-0.4, -0.2) is 15.7 Å². The Morgan fingerprint density at radius 1 is 1.42 bits per heavy atom. The van der Waals surface area contributed by atoms with Crippen molar-refractivity contribution >= 4 is 34.5 Å². The quantitative estimate of drug-likeness (QED) is 0.705. The Labute approximate surface area is 148 Å². The Balaban J connectivity index is 1.60. The van der Waals surface area contributed by atoms with E-state index in [1.165, 1.54) is 11.3 Å². The third-order valence-corrected chi connectivity index (χ3v) is 4.61. The van der Waals surface area contributed by atoms with Gasteiger partial charge in [-0.1, -0.05) is 23.7 Å². The zero-order valence-corrected chi connectivity index (χ0v) is 14.6. The SMILES string of the molecule is CCn1cc(NC(=O)c2cc(COc3ccccc3Cl)cs2)cn1. The molecular formula is C17H16ClN3O2S. The maximum Gasteiger partial charge on any atom is 0.265 e. The number of ether oxygens (including phenoxy) is 1. The van der Waals surface area contributed by atoms with Gasteiger partial charge in [0.1, 0.15) is 12.4 Å². The highest BCUT2D eigenvalue weighted by Gasteiger charge is 2.11. The molecule has 0 saturated heterocycles. The highest BCUT2D eigenvalue weighted by molar-refractivity contribution is 7.12. The van der Waals surface area contributed by atoms with Crippen molar-refractivity contribution in [3.8, 4) is 5.75 Å². The average molecular weight is 362 g/mol. The van der Waals surface area contributed by atoms with E-state index in [0.717, 1.165) is 12.1 Å². The maximum atomic E-state index is 12.3. The minimum atomic E-state index is -0.153. The predicted molar refractivity (Wildman–Crippen MR) is 96.0 cm³/mol. The second kappa shape index (κ2) is 7.51. The number of carbonyl (C=O) groups is 1. The Morgan fingerprint density at radius 2 is 2.25 bits per heavy atom. The number of benzene rings is 1. The molecule has 24 heavy (non-hydrogen) atoms. The van der Waals surface area contributed by atoms with E-state index in [2.05, 4.69) is 10.4 Å². The van der Waals surface area contributed by atoms with Crippen LogP contribution in [0, 0.1) is 0 Å². The van der Waals surface area contributed by atoms with Crippen LogP contribution in [0.25, 0.3) is 0 Å². The predicted octanol–water partition coefficient (Wildman–Crippen LogP) is 4.45. The van der Waals surface area contributed by atoms with E-state index in [1.54, 1.807) is 23.1 Å². The van der Waals surface area contributed by atoms with Gasteiger partial charge in [0.25, 0.3) is 5.91 Å². The summed E-state index contributed by atoms with van der Waals surface area (Å²) >= 11 is 7.43. The van der Waals surface area contributed by atoms with E-state index < -0.39 is 0 Å². The molecule has 1 aromatic carbocycles. The fraction of sp³-hybridized carbons (Fsp3) is 0.176. The number of carbonyl (C=O) groups excluding carboxylic acids is 1. The van der Waals surface area contributed by atoms with Crippen molar-refractivity contribution in [2.75, 3.05) is 5.32 Å². The second-order valence-electron chi connectivity index (χ2n) is 5.08. The van der Waals surface area contributed by atoms with Crippen LogP contribution in [0.1, 0.15) is 22.2 Å². The normalized spacial score (nSPS) is 10.6. The van der Waals surface area contributed by atoms with Crippen molar-refractivity contribution in [3.63, 3.8) is 0 Å². The van der Waals surface area contributed by atoms with Gasteiger partial charge in [0, 0.05) is 18.3 Å². The molecule has 2 heterocycles. The van der Waals surface area contributed by atoms with Crippen LogP contribution in [0.2, 0.25) is 5.02 Å². The molecule has 1 N–H and O–H groups in total. The molecular weight excluding hydrogens is 346 g/mol. The summed E-state index contributed by atoms with van der Waals surface area (Å²) in [5.41, 5.74) is 1.61. The van der Waals surface area contributed by atoms with Gasteiger partial charge in [-0.25, -0.2) is 0 Å². The van der Waals surface area contributed by atoms with Crippen molar-refractivity contribution in [2.45, 2.75) is 20.1 Å². The minimum absolute atomic E-state index is 0.153. The molecule has 0 aliphatic carbocycles. The third kappa shape index (κ3) is 3.96. The average Bonchev–Trinajstić information content (AvgIpc) is 3.23. The van der Waals surface area contributed by atoms with Crippen molar-refractivity contribution in [1.82, 2.24) is 9.78 Å². The molecule has 3 aromatic rings. The molecule has 2 aromatic heterocycles. The molecule has 0 atom stereocenters. The number of aromatic nitrogens is 2. The largest absolute Gasteiger partial charge is 0.487 e. The number of rotatable bonds is 6. The van der Waals surface area contributed by atoms with Crippen molar-refractivity contribution in [2.24, 2.45) is 0 Å². The fourth-order valence-corrected chi connectivity index (χ4v) is 3.07. The number of para-hydroxylation sites is 1. The van der Waals surface area contributed by atoms with Crippen LogP contribution in [0.3, 0.4) is 0 Å². The van der Waals surface area contributed by atoms with E-state index in [4.69, 9.17) is 16.3 Å². The summed E-state index contributed by atoms with van der Waals surface area (Å²) < 4.78 is 7.44. The number of halogens is 1. The highest BCUT2D eigenvalue weighted by atomic mass is 35.5. The lowest BCUT2D eigenvalue weighted by Crippen LogP contribution is -2.09. The second-order valence-corrected chi connectivity index (χ2v) is 6.40. The molecule has 0 spiro atoms. The van der Waals surface area contributed by atoms with Crippen molar-refractivity contribution in [1.29, 1.82) is 0 Å². The third-order valence-electron chi connectivity index (χ3n) is 3.32. The van der Waals surface area contributed by atoms with Crippen molar-refractivity contribution in [3.05, 3.63) is 63.6 Å². The fourth-order valence-electron chi connectivity index (χ4n) is 2.09. The first kappa shape index (κ1) is 16.5. The molecule has 3 rings (SSSR count). The monoisotopic (exact) mass is 361 g/mol. The summed E-state index contributed by atoms with van der Waals surface area (Å²) in [5.74, 6) is 0.475. The van der Waals surface area contributed by atoms with Crippen molar-refractivity contribution < 1.29 is 9.53 Å². The Bertz CT molecular complexity index is 844. The van der Waals surface area contributed by atoms with Crippen LogP contribution in [0.4, 0.5) is 5.69 Å². The molecule has 0 saturated carbocycles. The number of anilines is 1. The number of aryl methyl sites for hydroxylation is 1. The van der Waals surface area contributed by atoms with E-state index in [-0.39, 0.29) is 5.91 Å². The molecule has 0 fully saturated rings. The summed E-state index contributed by atoms with van der Waals surface area (Å²) in [6.45, 7) is 3.11. The van der Waals surface area contributed by atoms with E-state index in [0.29, 0.717) is 27.9 Å². The summed E-state index contributed by atoms with van der Waals surface area (Å²) in [4.78, 5) is 12.9. The Hall–Kier alpha value is -2.31. The number of nitrogens with zero attached hydrogens (tertiary/aromatic N) is 2. The molecule has 5 nitrogen and oxygen atoms in total. The zero-order valence-electron chi connectivity index (χ0n) is 13.0. The molecule has 0 bridgehead atoms. The lowest BCUT2D eigenvalue weighted by Gasteiger charge is -2.06. The molecule has 1 amide bonds. The van der Waals surface area contributed by atoms with Gasteiger partial charge < -0.3 is 10.1 Å². The summed E-state index contributed by atoms with van der Waals surface area (Å²) in [5, 5.41) is 9.44. The van der Waals surface area contributed by atoms with Gasteiger partial charge in [-0.2, -0.15) is 5.10 Å². The van der Waals surface area contributed by atoms with Gasteiger partial charge in [-0.3, -0.25) is 9.48 Å². The van der Waals surface area contributed by atoms with Crippen LogP contribution < -0.4 is 10.1 Å². The topological polar surface area (TPSA) is 56.2 Å². The molecule has 7 heteroatoms. The van der Waals surface area contributed by atoms with Crippen LogP contribution in [0.15, 0.2) is 48.1 Å². The number of hydrogen-bond donors (Lipinski definition) is 1. The zero-order chi connectivity index (χ0) is 16.9. The van der Waals surface area contributed by atoms with Crippen LogP contribution in [-0.2, 0) is 13.2 Å². The molecule has 0 radical (unpaired) electrons. The molecule has 124 valence electrons. The standard InChI is InChI=1S/C17H16ClN3O2S/c1-2-21-9-13(8-19-21)20-17(22)16-7-12(11-24-16)10-23-15-6-4-3-5-14(15)18/h3-9,11H,2,10H2,1H3,(H,20,22). The van der Waals surface area contributed by atoms with Crippen LogP contribution >= 0.6 is 22.9 Å². The summed E-state index contributed by atoms with van der Waals surface area (Å²) in [6.07, 6.45) is 3.43. The van der Waals surface area contributed by atoms with Gasteiger partial charge in [-0.15, -0.1) is 11.3 Å². The first-order chi connectivity index (χ1) is 11.7. The van der Waals surface area contributed by atoms with E-state index >= 15 is 0 Å². The van der Waals surface area contributed by atoms with Gasteiger partial charge in [0.15, 0.2) is 0 Å². The molecule has 0 aliphatic heterocycles. The van der Waals surface area contributed by atoms with Gasteiger partial charge in [-0.05, 0) is 30.5 Å². The molecule has 0 unspecified atom stereocenters. The Kier molecular flexibility index (Phi) is 5.17. The summed E-state index contributed by atoms with van der Waals surface area (Å²) in [7, 11) is 0. The first-order valence-electron chi connectivity index (χ1n) is 7.44. The smallest absolute Gasteiger partial charge is 0.265 e. The first-order valence-corrected chi connectivity index (χ1v) is 8.70. The number of amides is 1. The number of thiophene rings is 1. The van der Waals surface area contributed by atoms with Crippen LogP contribution in [0.5, 0.6) is 5.75 Å². The maximum absolute atomic E-state index is 12.3. The summed E-state index contributed by atoms with van der Waals surface area (Å²) in [6, 6.07) is 9.13. The number of hydrogen-bond acceptors (Lipinski definition) is 4. The number of nitrogens with one attached hydrogen (secondary N) is 1. The Morgan fingerprint density at radius 3 is 3.00 bits per heavy atom. The lowest BCUT2D eigenvalue weighted by molar-refractivity contribution is 0.103. The molecule has 0 aliphatic rings. The van der Waals surface area contributed by atoms with Gasteiger partial charge in [0.05, 0.1) is 21.8 Å². The lowest BCUT2D eigenvalue weighted by atomic mass is 10.3. The minimum Gasteiger partial charge on any atom is -0.487 e. The highest BCUT2D eigenvalue weighted by Crippen LogP contribution is 2.25. The van der Waals surface area contributed by atoms with Gasteiger partial charge in [0.2, 0.25) is 0 Å². The van der Waals surface area contributed by atoms with E-state index in [9.17, 15) is 4.79 Å².